The van der Waals surface area contributed by atoms with E-state index in [1.165, 1.54) is 6.20 Å². The minimum Gasteiger partial charge on any atom is -0.481 e. The van der Waals surface area contributed by atoms with Crippen molar-refractivity contribution in [3.05, 3.63) is 24.0 Å². The van der Waals surface area contributed by atoms with Gasteiger partial charge in [-0.25, -0.2) is 0 Å². The van der Waals surface area contributed by atoms with E-state index in [1.54, 1.807) is 12.1 Å². The zero-order valence-corrected chi connectivity index (χ0v) is 11.8. The third kappa shape index (κ3) is 4.24. The van der Waals surface area contributed by atoms with E-state index < -0.39 is 5.97 Å². The van der Waals surface area contributed by atoms with Crippen molar-refractivity contribution in [3.8, 4) is 0 Å². The van der Waals surface area contributed by atoms with Crippen LogP contribution in [0.25, 0.3) is 0 Å². The number of nitrogens with zero attached hydrogens (tertiary/aromatic N) is 1. The Hall–Kier alpha value is -1.99. The fourth-order valence-corrected chi connectivity index (χ4v) is 2.27. The van der Waals surface area contributed by atoms with Crippen molar-refractivity contribution in [1.82, 2.24) is 10.3 Å². The average molecular weight is 293 g/mol. The number of hydrogen-bond acceptors (Lipinski definition) is 5. The summed E-state index contributed by atoms with van der Waals surface area (Å²) in [6.07, 6.45) is 1.33. The first-order valence-corrected chi connectivity index (χ1v) is 6.89. The molecule has 0 aromatic carbocycles. The predicted molar refractivity (Wildman–Crippen MR) is 76.0 cm³/mol. The molecule has 1 saturated heterocycles. The normalized spacial score (nSPS) is 21.2. The van der Waals surface area contributed by atoms with Crippen molar-refractivity contribution < 1.29 is 19.4 Å². The molecule has 0 spiro atoms. The number of nitrogens with one attached hydrogen (secondary N) is 2. The summed E-state index contributed by atoms with van der Waals surface area (Å²) in [4.78, 5) is 26.8. The first-order chi connectivity index (χ1) is 10.1. The zero-order chi connectivity index (χ0) is 15.2. The van der Waals surface area contributed by atoms with Crippen LogP contribution in [0, 0.1) is 5.92 Å². The molecular formula is C14H19N3O4. The third-order valence-electron chi connectivity index (χ3n) is 3.31. The number of carbonyl (C=O) groups is 2. The highest BCUT2D eigenvalue weighted by atomic mass is 16.5. The van der Waals surface area contributed by atoms with E-state index >= 15 is 0 Å². The van der Waals surface area contributed by atoms with Crippen LogP contribution < -0.4 is 10.6 Å². The molecule has 1 aromatic rings. The molecule has 0 radical (unpaired) electrons. The molecule has 2 rings (SSSR count). The van der Waals surface area contributed by atoms with Gasteiger partial charge in [0.1, 0.15) is 0 Å². The molecule has 1 aliphatic heterocycles. The van der Waals surface area contributed by atoms with E-state index in [1.807, 2.05) is 6.92 Å². The van der Waals surface area contributed by atoms with Crippen LogP contribution in [0.2, 0.25) is 0 Å². The number of pyridine rings is 1. The summed E-state index contributed by atoms with van der Waals surface area (Å²) in [5, 5.41) is 14.7. The fourth-order valence-electron chi connectivity index (χ4n) is 2.27. The monoisotopic (exact) mass is 293 g/mol. The van der Waals surface area contributed by atoms with Crippen LogP contribution in [-0.2, 0) is 20.7 Å². The van der Waals surface area contributed by atoms with Crippen molar-refractivity contribution in [3.63, 3.8) is 0 Å². The molecule has 2 unspecified atom stereocenters. The molecule has 3 N–H and O–H groups in total. The van der Waals surface area contributed by atoms with Gasteiger partial charge >= 0.3 is 5.97 Å². The Labute approximate surface area is 122 Å². The molecule has 7 nitrogen and oxygen atoms in total. The summed E-state index contributed by atoms with van der Waals surface area (Å²) in [7, 11) is 0. The summed E-state index contributed by atoms with van der Waals surface area (Å²) in [5.74, 6) is -1.29. The lowest BCUT2D eigenvalue weighted by Crippen LogP contribution is -2.41. The van der Waals surface area contributed by atoms with Gasteiger partial charge < -0.3 is 20.5 Å². The lowest BCUT2D eigenvalue weighted by atomic mass is 10.0. The van der Waals surface area contributed by atoms with Crippen LogP contribution in [0.4, 0.5) is 5.69 Å². The number of rotatable bonds is 6. The largest absolute Gasteiger partial charge is 0.481 e. The summed E-state index contributed by atoms with van der Waals surface area (Å²) in [5.41, 5.74) is 1.01. The molecule has 1 fully saturated rings. The highest BCUT2D eigenvalue weighted by Crippen LogP contribution is 2.16. The molecule has 2 heterocycles. The molecule has 1 amide bonds. The maximum atomic E-state index is 12.2. The topological polar surface area (TPSA) is 101 Å². The summed E-state index contributed by atoms with van der Waals surface area (Å²) < 4.78 is 5.34. The van der Waals surface area contributed by atoms with E-state index in [0.717, 1.165) is 6.54 Å². The number of aromatic nitrogens is 1. The van der Waals surface area contributed by atoms with Gasteiger partial charge in [0, 0.05) is 6.04 Å². The Morgan fingerprint density at radius 3 is 2.86 bits per heavy atom. The Bertz CT molecular complexity index is 503. The van der Waals surface area contributed by atoms with Crippen molar-refractivity contribution in [2.24, 2.45) is 5.92 Å². The van der Waals surface area contributed by atoms with Crippen LogP contribution in [0.15, 0.2) is 18.3 Å². The SMILES string of the molecule is CCNC1COCC1C(=O)Nc1ccc(CC(=O)O)nc1. The molecule has 0 bridgehead atoms. The van der Waals surface area contributed by atoms with Crippen molar-refractivity contribution in [2.45, 2.75) is 19.4 Å². The van der Waals surface area contributed by atoms with Crippen LogP contribution >= 0.6 is 0 Å². The lowest BCUT2D eigenvalue weighted by Gasteiger charge is -2.17. The molecule has 114 valence electrons. The van der Waals surface area contributed by atoms with Crippen LogP contribution in [0.5, 0.6) is 0 Å². The van der Waals surface area contributed by atoms with Gasteiger partial charge in [-0.05, 0) is 18.7 Å². The van der Waals surface area contributed by atoms with Crippen molar-refractivity contribution in [2.75, 3.05) is 25.1 Å². The number of anilines is 1. The number of amides is 1. The quantitative estimate of drug-likeness (QED) is 0.696. The summed E-state index contributed by atoms with van der Waals surface area (Å²) in [6.45, 7) is 3.69. The van der Waals surface area contributed by atoms with Gasteiger partial charge in [0.25, 0.3) is 0 Å². The zero-order valence-electron chi connectivity index (χ0n) is 11.8. The van der Waals surface area contributed by atoms with E-state index in [2.05, 4.69) is 15.6 Å². The number of carboxylic acid groups (broad SMARTS) is 1. The van der Waals surface area contributed by atoms with E-state index in [4.69, 9.17) is 9.84 Å². The molecule has 0 saturated carbocycles. The van der Waals surface area contributed by atoms with E-state index in [-0.39, 0.29) is 24.3 Å². The van der Waals surface area contributed by atoms with Gasteiger partial charge in [0.2, 0.25) is 5.91 Å². The van der Waals surface area contributed by atoms with Gasteiger partial charge in [-0.15, -0.1) is 0 Å². The highest BCUT2D eigenvalue weighted by molar-refractivity contribution is 5.93. The Balaban J connectivity index is 1.94. The summed E-state index contributed by atoms with van der Waals surface area (Å²) in [6, 6.07) is 3.27. The Morgan fingerprint density at radius 2 is 2.24 bits per heavy atom. The van der Waals surface area contributed by atoms with Crippen LogP contribution in [0.1, 0.15) is 12.6 Å². The van der Waals surface area contributed by atoms with Crippen LogP contribution in [-0.4, -0.2) is 47.8 Å². The first-order valence-electron chi connectivity index (χ1n) is 6.89. The van der Waals surface area contributed by atoms with E-state index in [0.29, 0.717) is 24.6 Å². The highest BCUT2D eigenvalue weighted by Gasteiger charge is 2.33. The van der Waals surface area contributed by atoms with Gasteiger partial charge in [-0.1, -0.05) is 6.92 Å². The maximum absolute atomic E-state index is 12.2. The van der Waals surface area contributed by atoms with E-state index in [9.17, 15) is 9.59 Å². The standard InChI is InChI=1S/C14H19N3O4/c1-2-15-12-8-21-7-11(12)14(20)17-10-4-3-9(16-6-10)5-13(18)19/h3-4,6,11-12,15H,2,5,7-8H2,1H3,(H,17,20)(H,18,19). The number of aliphatic carboxylic acids is 1. The second-order valence-electron chi connectivity index (χ2n) is 4.91. The molecule has 1 aromatic heterocycles. The molecule has 1 aliphatic rings. The second kappa shape index (κ2) is 7.14. The Morgan fingerprint density at radius 1 is 1.43 bits per heavy atom. The van der Waals surface area contributed by atoms with Gasteiger partial charge in [-0.3, -0.25) is 14.6 Å². The average Bonchev–Trinajstić information content (AvgIpc) is 2.89. The van der Waals surface area contributed by atoms with Gasteiger partial charge in [0.05, 0.1) is 43.1 Å². The fraction of sp³-hybridized carbons (Fsp3) is 0.500. The molecule has 21 heavy (non-hydrogen) atoms. The minimum absolute atomic E-state index is 0.0224. The van der Waals surface area contributed by atoms with Gasteiger partial charge in [0.15, 0.2) is 0 Å². The maximum Gasteiger partial charge on any atom is 0.309 e. The Kier molecular flexibility index (Phi) is 5.24. The number of ether oxygens (including phenoxy) is 1. The minimum atomic E-state index is -0.934. The number of carbonyl (C=O) groups excluding carboxylic acids is 1. The number of carboxylic acids is 1. The van der Waals surface area contributed by atoms with Gasteiger partial charge in [-0.2, -0.15) is 0 Å². The smallest absolute Gasteiger partial charge is 0.309 e. The lowest BCUT2D eigenvalue weighted by molar-refractivity contribution is -0.136. The van der Waals surface area contributed by atoms with Crippen molar-refractivity contribution in [1.29, 1.82) is 0 Å². The molecule has 7 heteroatoms. The number of hydrogen-bond donors (Lipinski definition) is 3. The first kappa shape index (κ1) is 15.4. The predicted octanol–water partition coefficient (Wildman–Crippen LogP) is 0.272. The molecule has 2 atom stereocenters. The van der Waals surface area contributed by atoms with Crippen LogP contribution in [0.3, 0.4) is 0 Å². The van der Waals surface area contributed by atoms with Crippen molar-refractivity contribution >= 4 is 17.6 Å². The summed E-state index contributed by atoms with van der Waals surface area (Å²) >= 11 is 0. The number of likely N-dealkylation sites (N-methyl/N-ethyl adjacent to an activating group) is 1. The molecular weight excluding hydrogens is 274 g/mol. The molecule has 0 aliphatic carbocycles. The second-order valence-corrected chi connectivity index (χ2v) is 4.91. The third-order valence-corrected chi connectivity index (χ3v) is 3.31.